The number of pyridine rings is 1. The minimum atomic E-state index is 0.0725. The largest absolute Gasteiger partial charge is 0.392 e. The molecule has 0 atom stereocenters. The molecule has 0 aromatic carbocycles. The van der Waals surface area contributed by atoms with Crippen molar-refractivity contribution >= 4 is 11.9 Å². The van der Waals surface area contributed by atoms with Crippen molar-refractivity contribution in [1.82, 2.24) is 4.98 Å². The second-order valence-corrected chi connectivity index (χ2v) is 3.15. The number of aliphatic hydroxyl groups excluding tert-OH is 1. The van der Waals surface area contributed by atoms with Crippen LogP contribution in [0.15, 0.2) is 18.3 Å². The second kappa shape index (κ2) is 3.18. The third-order valence-electron chi connectivity index (χ3n) is 2.26. The summed E-state index contributed by atoms with van der Waals surface area (Å²) < 4.78 is 0. The number of hydrogen-bond acceptors (Lipinski definition) is 3. The van der Waals surface area contributed by atoms with Crippen LogP contribution in [0, 0.1) is 0 Å². The quantitative estimate of drug-likeness (QED) is 0.694. The molecule has 0 radical (unpaired) electrons. The zero-order valence-electron chi connectivity index (χ0n) is 7.57. The second-order valence-electron chi connectivity index (χ2n) is 3.15. The summed E-state index contributed by atoms with van der Waals surface area (Å²) in [4.78, 5) is 6.34. The van der Waals surface area contributed by atoms with Gasteiger partial charge < -0.3 is 10.0 Å². The SMILES string of the molecule is CN1CC=Cc2c(CO)ccnc21. The third kappa shape index (κ3) is 1.31. The molecule has 13 heavy (non-hydrogen) atoms. The Labute approximate surface area is 77.3 Å². The fraction of sp³-hybridized carbons (Fsp3) is 0.300. The molecule has 0 unspecified atom stereocenters. The van der Waals surface area contributed by atoms with Gasteiger partial charge in [0.1, 0.15) is 5.82 Å². The molecule has 0 saturated heterocycles. The minimum Gasteiger partial charge on any atom is -0.392 e. The monoisotopic (exact) mass is 176 g/mol. The van der Waals surface area contributed by atoms with E-state index in [0.29, 0.717) is 0 Å². The molecule has 0 aliphatic carbocycles. The lowest BCUT2D eigenvalue weighted by Crippen LogP contribution is -2.22. The van der Waals surface area contributed by atoms with E-state index >= 15 is 0 Å². The van der Waals surface area contributed by atoms with Gasteiger partial charge in [-0.25, -0.2) is 4.98 Å². The van der Waals surface area contributed by atoms with E-state index in [1.54, 1.807) is 6.20 Å². The van der Waals surface area contributed by atoms with Crippen LogP contribution < -0.4 is 4.90 Å². The molecule has 1 aromatic rings. The lowest BCUT2D eigenvalue weighted by Gasteiger charge is -2.23. The molecule has 0 spiro atoms. The third-order valence-corrected chi connectivity index (χ3v) is 2.26. The van der Waals surface area contributed by atoms with Crippen LogP contribution in [0.5, 0.6) is 0 Å². The fourth-order valence-electron chi connectivity index (χ4n) is 1.54. The maximum Gasteiger partial charge on any atom is 0.136 e. The molecule has 0 amide bonds. The van der Waals surface area contributed by atoms with Gasteiger partial charge in [-0.2, -0.15) is 0 Å². The highest BCUT2D eigenvalue weighted by Gasteiger charge is 2.12. The molecular formula is C10H12N2O. The number of aliphatic hydroxyl groups is 1. The van der Waals surface area contributed by atoms with Gasteiger partial charge in [-0.15, -0.1) is 0 Å². The van der Waals surface area contributed by atoms with Crippen molar-refractivity contribution in [2.24, 2.45) is 0 Å². The van der Waals surface area contributed by atoms with Gasteiger partial charge in [-0.05, 0) is 11.6 Å². The number of nitrogens with zero attached hydrogens (tertiary/aromatic N) is 2. The Morgan fingerprint density at radius 1 is 1.62 bits per heavy atom. The van der Waals surface area contributed by atoms with Gasteiger partial charge >= 0.3 is 0 Å². The van der Waals surface area contributed by atoms with Crippen molar-refractivity contribution in [2.75, 3.05) is 18.5 Å². The Hall–Kier alpha value is -1.35. The predicted molar refractivity (Wildman–Crippen MR) is 52.5 cm³/mol. The van der Waals surface area contributed by atoms with Crippen LogP contribution in [-0.2, 0) is 6.61 Å². The Morgan fingerprint density at radius 2 is 2.46 bits per heavy atom. The molecule has 68 valence electrons. The highest BCUT2D eigenvalue weighted by Crippen LogP contribution is 2.24. The Balaban J connectivity index is 2.56. The Kier molecular flexibility index (Phi) is 2.02. The Bertz CT molecular complexity index is 347. The molecular weight excluding hydrogens is 164 g/mol. The molecule has 0 bridgehead atoms. The van der Waals surface area contributed by atoms with E-state index in [0.717, 1.165) is 23.5 Å². The summed E-state index contributed by atoms with van der Waals surface area (Å²) in [6.45, 7) is 0.956. The van der Waals surface area contributed by atoms with Gasteiger partial charge in [0.25, 0.3) is 0 Å². The number of anilines is 1. The van der Waals surface area contributed by atoms with Gasteiger partial charge in [0.15, 0.2) is 0 Å². The highest BCUT2D eigenvalue weighted by atomic mass is 16.3. The van der Waals surface area contributed by atoms with E-state index in [-0.39, 0.29) is 6.61 Å². The van der Waals surface area contributed by atoms with Gasteiger partial charge in [0.05, 0.1) is 6.61 Å². The van der Waals surface area contributed by atoms with Crippen LogP contribution >= 0.6 is 0 Å². The summed E-state index contributed by atoms with van der Waals surface area (Å²) in [7, 11) is 2.00. The average Bonchev–Trinajstić information content (AvgIpc) is 2.18. The summed E-state index contributed by atoms with van der Waals surface area (Å²) in [5, 5.41) is 9.10. The smallest absolute Gasteiger partial charge is 0.136 e. The molecule has 1 aliphatic heterocycles. The predicted octanol–water partition coefficient (Wildman–Crippen LogP) is 1.04. The van der Waals surface area contributed by atoms with E-state index in [9.17, 15) is 0 Å². The summed E-state index contributed by atoms with van der Waals surface area (Å²) in [6.07, 6.45) is 5.83. The fourth-order valence-corrected chi connectivity index (χ4v) is 1.54. The van der Waals surface area contributed by atoms with Gasteiger partial charge in [0, 0.05) is 25.4 Å². The first-order valence-corrected chi connectivity index (χ1v) is 4.29. The number of hydrogen-bond donors (Lipinski definition) is 1. The van der Waals surface area contributed by atoms with E-state index in [2.05, 4.69) is 16.0 Å². The van der Waals surface area contributed by atoms with Crippen LogP contribution in [0.1, 0.15) is 11.1 Å². The average molecular weight is 176 g/mol. The van der Waals surface area contributed by atoms with Crippen molar-refractivity contribution in [1.29, 1.82) is 0 Å². The van der Waals surface area contributed by atoms with E-state index in [1.807, 2.05) is 19.2 Å². The van der Waals surface area contributed by atoms with Gasteiger partial charge in [0.2, 0.25) is 0 Å². The molecule has 0 fully saturated rings. The summed E-state index contributed by atoms with van der Waals surface area (Å²) in [5.41, 5.74) is 1.98. The van der Waals surface area contributed by atoms with Crippen LogP contribution in [0.2, 0.25) is 0 Å². The number of likely N-dealkylation sites (N-methyl/N-ethyl adjacent to an activating group) is 1. The van der Waals surface area contributed by atoms with E-state index < -0.39 is 0 Å². The molecule has 0 saturated carbocycles. The van der Waals surface area contributed by atoms with Crippen LogP contribution in [0.25, 0.3) is 6.08 Å². The maximum atomic E-state index is 9.10. The standard InChI is InChI=1S/C10H12N2O/c1-12-6-2-3-9-8(7-13)4-5-11-10(9)12/h2-5,13H,6-7H2,1H3. The molecule has 1 aromatic heterocycles. The summed E-state index contributed by atoms with van der Waals surface area (Å²) in [5.74, 6) is 0.953. The molecule has 2 rings (SSSR count). The van der Waals surface area contributed by atoms with Crippen molar-refractivity contribution < 1.29 is 5.11 Å². The van der Waals surface area contributed by atoms with Gasteiger partial charge in [-0.3, -0.25) is 0 Å². The molecule has 1 aliphatic rings. The summed E-state index contributed by atoms with van der Waals surface area (Å²) >= 11 is 0. The molecule has 2 heterocycles. The summed E-state index contributed by atoms with van der Waals surface area (Å²) in [6, 6.07) is 1.85. The lowest BCUT2D eigenvalue weighted by molar-refractivity contribution is 0.281. The number of rotatable bonds is 1. The van der Waals surface area contributed by atoms with Crippen molar-refractivity contribution in [3.05, 3.63) is 29.5 Å². The Morgan fingerprint density at radius 3 is 3.23 bits per heavy atom. The number of fused-ring (bicyclic) bond motifs is 1. The molecule has 3 heteroatoms. The van der Waals surface area contributed by atoms with Crippen molar-refractivity contribution in [3.8, 4) is 0 Å². The first-order chi connectivity index (χ1) is 6.33. The van der Waals surface area contributed by atoms with Crippen LogP contribution in [-0.4, -0.2) is 23.7 Å². The lowest BCUT2D eigenvalue weighted by atomic mass is 10.1. The van der Waals surface area contributed by atoms with Crippen molar-refractivity contribution in [2.45, 2.75) is 6.61 Å². The highest BCUT2D eigenvalue weighted by molar-refractivity contribution is 5.70. The molecule has 1 N–H and O–H groups in total. The van der Waals surface area contributed by atoms with Crippen LogP contribution in [0.3, 0.4) is 0 Å². The van der Waals surface area contributed by atoms with Crippen molar-refractivity contribution in [3.63, 3.8) is 0 Å². The first kappa shape index (κ1) is 8.26. The van der Waals surface area contributed by atoms with E-state index in [4.69, 9.17) is 5.11 Å². The van der Waals surface area contributed by atoms with E-state index in [1.165, 1.54) is 0 Å². The van der Waals surface area contributed by atoms with Crippen LogP contribution in [0.4, 0.5) is 5.82 Å². The maximum absolute atomic E-state index is 9.10. The molecule has 3 nitrogen and oxygen atoms in total. The zero-order chi connectivity index (χ0) is 9.26. The number of aromatic nitrogens is 1. The minimum absolute atomic E-state index is 0.0725. The topological polar surface area (TPSA) is 36.4 Å². The van der Waals surface area contributed by atoms with Gasteiger partial charge in [-0.1, -0.05) is 12.2 Å². The normalized spacial score (nSPS) is 14.5. The zero-order valence-corrected chi connectivity index (χ0v) is 7.57. The first-order valence-electron chi connectivity index (χ1n) is 4.29.